The van der Waals surface area contributed by atoms with Crippen molar-refractivity contribution in [1.29, 1.82) is 0 Å². The molecule has 0 radical (unpaired) electrons. The van der Waals surface area contributed by atoms with Gasteiger partial charge >= 0.3 is 0 Å². The molecule has 3 heteroatoms. The van der Waals surface area contributed by atoms with Gasteiger partial charge in [0, 0.05) is 17.1 Å². The molecule has 2 aromatic carbocycles. The Labute approximate surface area is 145 Å². The molecule has 0 aliphatic carbocycles. The van der Waals surface area contributed by atoms with Crippen LogP contribution in [0.25, 0.3) is 34.2 Å². The number of fused-ring (bicyclic) bond motifs is 1. The molecule has 2 heterocycles. The maximum atomic E-state index is 12.8. The van der Waals surface area contributed by atoms with Crippen molar-refractivity contribution in [1.82, 2.24) is 9.97 Å². The Balaban J connectivity index is 1.99. The topological polar surface area (TPSA) is 45.8 Å². The Bertz CT molecular complexity index is 1100. The second-order valence-corrected chi connectivity index (χ2v) is 5.74. The van der Waals surface area contributed by atoms with Crippen molar-refractivity contribution in [2.24, 2.45) is 0 Å². The summed E-state index contributed by atoms with van der Waals surface area (Å²) in [7, 11) is 0. The molecular weight excluding hydrogens is 308 g/mol. The first-order valence-electron chi connectivity index (χ1n) is 8.12. The molecule has 2 aromatic heterocycles. The monoisotopic (exact) mass is 324 g/mol. The first-order valence-corrected chi connectivity index (χ1v) is 8.12. The lowest BCUT2D eigenvalue weighted by Gasteiger charge is -2.10. The third-order valence-corrected chi connectivity index (χ3v) is 4.13. The molecule has 0 bridgehead atoms. The van der Waals surface area contributed by atoms with Gasteiger partial charge in [0.1, 0.15) is 0 Å². The summed E-state index contributed by atoms with van der Waals surface area (Å²) in [4.78, 5) is 20.1. The minimum atomic E-state index is -0.0921. The molecule has 1 N–H and O–H groups in total. The van der Waals surface area contributed by atoms with Crippen molar-refractivity contribution < 1.29 is 0 Å². The van der Waals surface area contributed by atoms with Crippen molar-refractivity contribution in [3.05, 3.63) is 101 Å². The maximum Gasteiger partial charge on any atom is 0.256 e. The third kappa shape index (κ3) is 3.00. The number of aromatic nitrogens is 2. The van der Waals surface area contributed by atoms with Crippen LogP contribution in [0.3, 0.4) is 0 Å². The number of nitrogens with zero attached hydrogens (tertiary/aromatic N) is 1. The number of pyridine rings is 2. The molecule has 25 heavy (non-hydrogen) atoms. The van der Waals surface area contributed by atoms with Crippen LogP contribution in [0.5, 0.6) is 0 Å². The summed E-state index contributed by atoms with van der Waals surface area (Å²) < 4.78 is 0. The van der Waals surface area contributed by atoms with Gasteiger partial charge in [0.2, 0.25) is 0 Å². The van der Waals surface area contributed by atoms with E-state index in [1.54, 1.807) is 6.20 Å². The number of aromatic amines is 1. The number of para-hydroxylation sites is 1. The minimum Gasteiger partial charge on any atom is -0.321 e. The molecule has 0 atom stereocenters. The van der Waals surface area contributed by atoms with Gasteiger partial charge in [-0.05, 0) is 35.4 Å². The van der Waals surface area contributed by atoms with Crippen LogP contribution in [-0.4, -0.2) is 9.97 Å². The standard InChI is InChI=1S/C22H16N2O/c25-22-21(16-8-2-1-3-9-16)19(14-13-17-10-6-7-15-23-17)18-11-4-5-12-20(18)24-22/h1-15H,(H,24,25). The van der Waals surface area contributed by atoms with E-state index < -0.39 is 0 Å². The Morgan fingerprint density at radius 3 is 2.36 bits per heavy atom. The number of H-pyrrole nitrogens is 1. The lowest BCUT2D eigenvalue weighted by atomic mass is 9.97. The van der Waals surface area contributed by atoms with Gasteiger partial charge in [-0.15, -0.1) is 0 Å². The summed E-state index contributed by atoms with van der Waals surface area (Å²) in [6.07, 6.45) is 5.67. The normalized spacial score (nSPS) is 11.2. The number of benzene rings is 2. The quantitative estimate of drug-likeness (QED) is 0.590. The van der Waals surface area contributed by atoms with Crippen molar-refractivity contribution in [2.75, 3.05) is 0 Å². The number of rotatable bonds is 3. The SMILES string of the molecule is O=c1[nH]c2ccccc2c(C=Cc2ccccn2)c1-c1ccccc1. The van der Waals surface area contributed by atoms with Crippen molar-refractivity contribution >= 4 is 23.1 Å². The van der Waals surface area contributed by atoms with E-state index in [9.17, 15) is 4.79 Å². The van der Waals surface area contributed by atoms with Gasteiger partial charge in [-0.3, -0.25) is 9.78 Å². The van der Waals surface area contributed by atoms with Crippen LogP contribution in [-0.2, 0) is 0 Å². The fourth-order valence-corrected chi connectivity index (χ4v) is 2.98. The molecule has 0 saturated heterocycles. The number of hydrogen-bond acceptors (Lipinski definition) is 2. The van der Waals surface area contributed by atoms with Crippen LogP contribution in [0.2, 0.25) is 0 Å². The van der Waals surface area contributed by atoms with Gasteiger partial charge < -0.3 is 4.98 Å². The zero-order valence-corrected chi connectivity index (χ0v) is 13.5. The van der Waals surface area contributed by atoms with E-state index in [2.05, 4.69) is 9.97 Å². The molecule has 0 fully saturated rings. The molecule has 0 unspecified atom stereocenters. The van der Waals surface area contributed by atoms with Crippen LogP contribution in [0, 0.1) is 0 Å². The van der Waals surface area contributed by atoms with Gasteiger partial charge in [-0.25, -0.2) is 0 Å². The Morgan fingerprint density at radius 2 is 1.56 bits per heavy atom. The van der Waals surface area contributed by atoms with Crippen LogP contribution in [0.15, 0.2) is 83.8 Å². The second-order valence-electron chi connectivity index (χ2n) is 5.74. The zero-order valence-electron chi connectivity index (χ0n) is 13.5. The van der Waals surface area contributed by atoms with E-state index in [-0.39, 0.29) is 5.56 Å². The molecule has 4 rings (SSSR count). The average Bonchev–Trinajstić information content (AvgIpc) is 2.67. The summed E-state index contributed by atoms with van der Waals surface area (Å²) in [5.41, 5.74) is 4.06. The van der Waals surface area contributed by atoms with Crippen molar-refractivity contribution in [3.63, 3.8) is 0 Å². The summed E-state index contributed by atoms with van der Waals surface area (Å²) in [5.74, 6) is 0. The van der Waals surface area contributed by atoms with Gasteiger partial charge in [0.25, 0.3) is 5.56 Å². The lowest BCUT2D eigenvalue weighted by Crippen LogP contribution is -2.11. The summed E-state index contributed by atoms with van der Waals surface area (Å²) >= 11 is 0. The average molecular weight is 324 g/mol. The fraction of sp³-hybridized carbons (Fsp3) is 0. The first kappa shape index (κ1) is 15.1. The molecular formula is C22H16N2O. The predicted octanol–water partition coefficient (Wildman–Crippen LogP) is 4.76. The molecule has 3 nitrogen and oxygen atoms in total. The molecule has 0 saturated carbocycles. The summed E-state index contributed by atoms with van der Waals surface area (Å²) in [6, 6.07) is 23.4. The fourth-order valence-electron chi connectivity index (χ4n) is 2.98. The smallest absolute Gasteiger partial charge is 0.256 e. The Hall–Kier alpha value is -3.46. The maximum absolute atomic E-state index is 12.8. The highest BCUT2D eigenvalue weighted by molar-refractivity contribution is 5.96. The van der Waals surface area contributed by atoms with E-state index in [0.717, 1.165) is 27.7 Å². The Morgan fingerprint density at radius 1 is 0.800 bits per heavy atom. The van der Waals surface area contributed by atoms with E-state index in [1.165, 1.54) is 0 Å². The van der Waals surface area contributed by atoms with E-state index in [1.807, 2.05) is 84.9 Å². The van der Waals surface area contributed by atoms with E-state index in [0.29, 0.717) is 5.56 Å². The van der Waals surface area contributed by atoms with Gasteiger partial charge in [0.05, 0.1) is 11.3 Å². The van der Waals surface area contributed by atoms with E-state index in [4.69, 9.17) is 0 Å². The second kappa shape index (κ2) is 6.57. The van der Waals surface area contributed by atoms with Gasteiger partial charge in [-0.1, -0.05) is 60.7 Å². The van der Waals surface area contributed by atoms with Crippen molar-refractivity contribution in [2.45, 2.75) is 0 Å². The van der Waals surface area contributed by atoms with Crippen LogP contribution in [0.1, 0.15) is 11.3 Å². The summed E-state index contributed by atoms with van der Waals surface area (Å²) in [6.45, 7) is 0. The molecule has 4 aromatic rings. The highest BCUT2D eigenvalue weighted by atomic mass is 16.1. The van der Waals surface area contributed by atoms with E-state index >= 15 is 0 Å². The number of nitrogens with one attached hydrogen (secondary N) is 1. The van der Waals surface area contributed by atoms with Crippen LogP contribution < -0.4 is 5.56 Å². The molecule has 0 spiro atoms. The van der Waals surface area contributed by atoms with Crippen molar-refractivity contribution in [3.8, 4) is 11.1 Å². The van der Waals surface area contributed by atoms with Crippen LogP contribution >= 0.6 is 0 Å². The largest absolute Gasteiger partial charge is 0.321 e. The highest BCUT2D eigenvalue weighted by Crippen LogP contribution is 2.27. The van der Waals surface area contributed by atoms with Crippen LogP contribution in [0.4, 0.5) is 0 Å². The first-order chi connectivity index (χ1) is 12.3. The predicted molar refractivity (Wildman–Crippen MR) is 103 cm³/mol. The molecule has 0 aliphatic heterocycles. The zero-order chi connectivity index (χ0) is 17.1. The highest BCUT2D eigenvalue weighted by Gasteiger charge is 2.12. The number of hydrogen-bond donors (Lipinski definition) is 1. The third-order valence-electron chi connectivity index (χ3n) is 4.13. The molecule has 0 amide bonds. The van der Waals surface area contributed by atoms with Gasteiger partial charge in [-0.2, -0.15) is 0 Å². The van der Waals surface area contributed by atoms with Gasteiger partial charge in [0.15, 0.2) is 0 Å². The lowest BCUT2D eigenvalue weighted by molar-refractivity contribution is 1.29. The molecule has 0 aliphatic rings. The minimum absolute atomic E-state index is 0.0921. The summed E-state index contributed by atoms with van der Waals surface area (Å²) in [5, 5.41) is 1.01. The molecule has 120 valence electrons. The Kier molecular flexibility index (Phi) is 3.97.